The van der Waals surface area contributed by atoms with Gasteiger partial charge >= 0.3 is 0 Å². The van der Waals surface area contributed by atoms with Crippen molar-refractivity contribution in [2.45, 2.75) is 10.8 Å². The lowest BCUT2D eigenvalue weighted by Gasteiger charge is -2.37. The monoisotopic (exact) mass is 590 g/mol. The number of hydrogen-bond donors (Lipinski definition) is 2. The van der Waals surface area contributed by atoms with Crippen LogP contribution in [0.3, 0.4) is 0 Å². The largest absolute Gasteiger partial charge is 0.508 e. The molecule has 0 saturated carbocycles. The van der Waals surface area contributed by atoms with Gasteiger partial charge in [0.25, 0.3) is 0 Å². The number of fused-ring (bicyclic) bond motifs is 6. The lowest BCUT2D eigenvalue weighted by atomic mass is 9.64. The van der Waals surface area contributed by atoms with Crippen LogP contribution in [0.2, 0.25) is 0 Å². The van der Waals surface area contributed by atoms with Crippen LogP contribution in [-0.4, -0.2) is 10.2 Å². The van der Waals surface area contributed by atoms with E-state index in [1.54, 1.807) is 24.3 Å². The van der Waals surface area contributed by atoms with Gasteiger partial charge in [-0.3, -0.25) is 0 Å². The number of rotatable bonds is 4. The van der Waals surface area contributed by atoms with E-state index in [1.807, 2.05) is 0 Å². The summed E-state index contributed by atoms with van der Waals surface area (Å²) in [5.74, 6) is 0.496. The molecule has 0 spiro atoms. The molecule has 0 radical (unpaired) electrons. The molecule has 7 aromatic carbocycles. The second kappa shape index (κ2) is 9.82. The second-order valence-electron chi connectivity index (χ2n) is 12.4. The van der Waals surface area contributed by atoms with Crippen LogP contribution in [0.15, 0.2) is 170 Å². The van der Waals surface area contributed by atoms with Crippen LogP contribution in [0, 0.1) is 0 Å². The molecule has 2 heteroatoms. The standard InChI is InChI=1S/C44H30O2/c45-33-24-20-29(21-25-33)43(39-16-5-1-12-35(39)36-13-2-6-17-40(36)43)31-10-9-11-32(28-31)44(30-22-26-34(46)27-23-30)41-18-7-3-14-37(41)38-15-4-8-19-42(38)44/h1-28,45-46H. The Hall–Kier alpha value is -5.86. The van der Waals surface area contributed by atoms with E-state index in [-0.39, 0.29) is 11.5 Å². The molecule has 0 atom stereocenters. The zero-order chi connectivity index (χ0) is 30.9. The number of benzene rings is 7. The average Bonchev–Trinajstić information content (AvgIpc) is 3.58. The fourth-order valence-corrected chi connectivity index (χ4v) is 8.46. The molecule has 0 amide bonds. The fourth-order valence-electron chi connectivity index (χ4n) is 8.46. The molecule has 9 rings (SSSR count). The molecule has 2 nitrogen and oxygen atoms in total. The third-order valence-electron chi connectivity index (χ3n) is 10.2. The van der Waals surface area contributed by atoms with Crippen molar-refractivity contribution in [2.75, 3.05) is 0 Å². The smallest absolute Gasteiger partial charge is 0.115 e. The van der Waals surface area contributed by atoms with E-state index in [2.05, 4.69) is 146 Å². The quantitative estimate of drug-likeness (QED) is 0.214. The minimum Gasteiger partial charge on any atom is -0.508 e. The van der Waals surface area contributed by atoms with Gasteiger partial charge in [0.2, 0.25) is 0 Å². The van der Waals surface area contributed by atoms with Gasteiger partial charge in [0.1, 0.15) is 11.5 Å². The molecular weight excluding hydrogens is 560 g/mol. The molecule has 0 aromatic heterocycles. The Labute approximate surface area is 268 Å². The Kier molecular flexibility index (Phi) is 5.67. The molecule has 218 valence electrons. The molecular formula is C44H30O2. The van der Waals surface area contributed by atoms with Crippen LogP contribution >= 0.6 is 0 Å². The molecule has 46 heavy (non-hydrogen) atoms. The summed E-state index contributed by atoms with van der Waals surface area (Å²) < 4.78 is 0. The van der Waals surface area contributed by atoms with Crippen molar-refractivity contribution < 1.29 is 10.2 Å². The summed E-state index contributed by atoms with van der Waals surface area (Å²) in [4.78, 5) is 0. The second-order valence-corrected chi connectivity index (χ2v) is 12.4. The minimum atomic E-state index is -0.606. The first-order valence-electron chi connectivity index (χ1n) is 15.7. The van der Waals surface area contributed by atoms with E-state index < -0.39 is 10.8 Å². The highest BCUT2D eigenvalue weighted by Crippen LogP contribution is 2.59. The van der Waals surface area contributed by atoms with Gasteiger partial charge in [0.15, 0.2) is 0 Å². The van der Waals surface area contributed by atoms with E-state index >= 15 is 0 Å². The summed E-state index contributed by atoms with van der Waals surface area (Å²) in [7, 11) is 0. The fraction of sp³-hybridized carbons (Fsp3) is 0.0455. The molecule has 0 saturated heterocycles. The lowest BCUT2D eigenvalue weighted by Crippen LogP contribution is -2.31. The topological polar surface area (TPSA) is 40.5 Å². The van der Waals surface area contributed by atoms with Gasteiger partial charge < -0.3 is 10.2 Å². The maximum Gasteiger partial charge on any atom is 0.115 e. The summed E-state index contributed by atoms with van der Waals surface area (Å²) in [5, 5.41) is 20.8. The van der Waals surface area contributed by atoms with Crippen LogP contribution in [0.5, 0.6) is 11.5 Å². The number of phenolic OH excluding ortho intramolecular Hbond substituents is 2. The Morgan fingerprint density at radius 1 is 0.283 bits per heavy atom. The third kappa shape index (κ3) is 3.41. The summed E-state index contributed by atoms with van der Waals surface area (Å²) in [5.41, 5.74) is 13.1. The average molecular weight is 591 g/mol. The van der Waals surface area contributed by atoms with Gasteiger partial charge in [-0.25, -0.2) is 0 Å². The predicted octanol–water partition coefficient (Wildman–Crippen LogP) is 9.82. The van der Waals surface area contributed by atoms with E-state index in [0.29, 0.717) is 0 Å². The van der Waals surface area contributed by atoms with Crippen molar-refractivity contribution >= 4 is 0 Å². The van der Waals surface area contributed by atoms with Crippen LogP contribution in [-0.2, 0) is 10.8 Å². The van der Waals surface area contributed by atoms with Crippen LogP contribution in [0.1, 0.15) is 44.5 Å². The third-order valence-corrected chi connectivity index (χ3v) is 10.2. The van der Waals surface area contributed by atoms with Gasteiger partial charge in [0.05, 0.1) is 10.8 Å². The molecule has 0 unspecified atom stereocenters. The Bertz CT molecular complexity index is 2030. The van der Waals surface area contributed by atoms with Crippen molar-refractivity contribution in [3.63, 3.8) is 0 Å². The molecule has 2 N–H and O–H groups in total. The molecule has 0 fully saturated rings. The highest BCUT2D eigenvalue weighted by atomic mass is 16.3. The lowest BCUT2D eigenvalue weighted by molar-refractivity contribution is 0.474. The predicted molar refractivity (Wildman–Crippen MR) is 184 cm³/mol. The van der Waals surface area contributed by atoms with Crippen LogP contribution in [0.4, 0.5) is 0 Å². The van der Waals surface area contributed by atoms with E-state index in [4.69, 9.17) is 0 Å². The normalized spacial score (nSPS) is 14.6. The van der Waals surface area contributed by atoms with Gasteiger partial charge in [-0.1, -0.05) is 146 Å². The van der Waals surface area contributed by atoms with Crippen molar-refractivity contribution in [3.05, 3.63) is 214 Å². The Morgan fingerprint density at radius 2 is 0.587 bits per heavy atom. The summed E-state index contributed by atoms with van der Waals surface area (Å²) in [6.07, 6.45) is 0. The van der Waals surface area contributed by atoms with Gasteiger partial charge in [-0.15, -0.1) is 0 Å². The van der Waals surface area contributed by atoms with Gasteiger partial charge in [-0.2, -0.15) is 0 Å². The zero-order valence-corrected chi connectivity index (χ0v) is 25.1. The molecule has 0 heterocycles. The summed E-state index contributed by atoms with van der Waals surface area (Å²) in [6.45, 7) is 0. The van der Waals surface area contributed by atoms with Crippen LogP contribution in [0.25, 0.3) is 22.3 Å². The first-order chi connectivity index (χ1) is 22.6. The first-order valence-corrected chi connectivity index (χ1v) is 15.7. The Morgan fingerprint density at radius 3 is 0.913 bits per heavy atom. The SMILES string of the molecule is Oc1ccc(C2(c3cccc(C4(c5ccc(O)cc5)c5ccccc5-c5ccccc54)c3)c3ccccc3-c3ccccc32)cc1. The van der Waals surface area contributed by atoms with Crippen molar-refractivity contribution in [1.29, 1.82) is 0 Å². The zero-order valence-electron chi connectivity index (χ0n) is 25.1. The molecule has 0 aliphatic heterocycles. The maximum atomic E-state index is 10.4. The summed E-state index contributed by atoms with van der Waals surface area (Å²) >= 11 is 0. The van der Waals surface area contributed by atoms with Gasteiger partial charge in [0, 0.05) is 0 Å². The molecule has 0 bridgehead atoms. The summed E-state index contributed by atoms with van der Waals surface area (Å²) in [6, 6.07) is 59.5. The van der Waals surface area contributed by atoms with Crippen molar-refractivity contribution in [1.82, 2.24) is 0 Å². The minimum absolute atomic E-state index is 0.248. The number of phenols is 2. The van der Waals surface area contributed by atoms with E-state index in [1.165, 1.54) is 44.5 Å². The van der Waals surface area contributed by atoms with Crippen molar-refractivity contribution in [3.8, 4) is 33.8 Å². The van der Waals surface area contributed by atoms with Gasteiger partial charge in [-0.05, 0) is 91.0 Å². The number of hydrogen-bond acceptors (Lipinski definition) is 2. The van der Waals surface area contributed by atoms with Crippen LogP contribution < -0.4 is 0 Å². The molecule has 7 aromatic rings. The Balaban J connectivity index is 1.41. The first kappa shape index (κ1) is 26.5. The van der Waals surface area contributed by atoms with Crippen molar-refractivity contribution in [2.24, 2.45) is 0 Å². The molecule has 2 aliphatic carbocycles. The highest BCUT2D eigenvalue weighted by Gasteiger charge is 2.49. The van der Waals surface area contributed by atoms with E-state index in [0.717, 1.165) is 22.3 Å². The molecule has 2 aliphatic rings. The van der Waals surface area contributed by atoms with E-state index in [9.17, 15) is 10.2 Å². The highest BCUT2D eigenvalue weighted by molar-refractivity contribution is 5.88. The maximum absolute atomic E-state index is 10.4. The number of aromatic hydroxyl groups is 2.